The Kier molecular flexibility index (Phi) is 4.86. The van der Waals surface area contributed by atoms with Crippen LogP contribution >= 0.6 is 15.9 Å². The van der Waals surface area contributed by atoms with Gasteiger partial charge in [-0.05, 0) is 67.4 Å². The van der Waals surface area contributed by atoms with Gasteiger partial charge in [0.1, 0.15) is 11.5 Å². The summed E-state index contributed by atoms with van der Waals surface area (Å²) in [5.74, 6) is 0.438. The van der Waals surface area contributed by atoms with E-state index in [2.05, 4.69) is 20.9 Å². The van der Waals surface area contributed by atoms with Gasteiger partial charge in [-0.2, -0.15) is 0 Å². The summed E-state index contributed by atoms with van der Waals surface area (Å²) in [6, 6.07) is 14.7. The van der Waals surface area contributed by atoms with Crippen LogP contribution in [0.5, 0.6) is 0 Å². The summed E-state index contributed by atoms with van der Waals surface area (Å²) in [4.78, 5) is 15.4. The van der Waals surface area contributed by atoms with E-state index in [4.69, 9.17) is 9.52 Å². The van der Waals surface area contributed by atoms with Crippen molar-refractivity contribution in [3.8, 4) is 11.3 Å². The van der Waals surface area contributed by atoms with Gasteiger partial charge in [0.2, 0.25) is 0 Å². The highest BCUT2D eigenvalue weighted by molar-refractivity contribution is 9.10. The van der Waals surface area contributed by atoms with Crippen molar-refractivity contribution in [2.24, 2.45) is 4.99 Å². The van der Waals surface area contributed by atoms with E-state index in [9.17, 15) is 4.79 Å². The quantitative estimate of drug-likeness (QED) is 0.567. The average Bonchev–Trinajstić information content (AvgIpc) is 3.02. The van der Waals surface area contributed by atoms with Crippen LogP contribution in [0.25, 0.3) is 11.3 Å². The predicted molar refractivity (Wildman–Crippen MR) is 102 cm³/mol. The molecule has 5 heteroatoms. The van der Waals surface area contributed by atoms with E-state index in [1.807, 2.05) is 44.2 Å². The molecule has 0 atom stereocenters. The minimum absolute atomic E-state index is 0.251. The van der Waals surface area contributed by atoms with Crippen LogP contribution < -0.4 is 0 Å². The predicted octanol–water partition coefficient (Wildman–Crippen LogP) is 5.77. The normalized spacial score (nSPS) is 11.2. The van der Waals surface area contributed by atoms with Crippen LogP contribution in [-0.4, -0.2) is 17.3 Å². The molecule has 25 heavy (non-hydrogen) atoms. The fraction of sp³-hybridized carbons (Fsp3) is 0.100. The molecule has 0 amide bonds. The average molecular weight is 398 g/mol. The number of furan rings is 1. The van der Waals surface area contributed by atoms with Crippen LogP contribution in [0.4, 0.5) is 5.69 Å². The zero-order valence-corrected chi connectivity index (χ0v) is 15.4. The summed E-state index contributed by atoms with van der Waals surface area (Å²) < 4.78 is 6.82. The number of aryl methyl sites for hydroxylation is 2. The van der Waals surface area contributed by atoms with Crippen LogP contribution in [0, 0.1) is 13.8 Å². The summed E-state index contributed by atoms with van der Waals surface area (Å²) in [7, 11) is 0. The SMILES string of the molecule is Cc1ccc(-c2ccc(C=Nc3ccc(C(=O)O)cc3C)o2)c(Br)c1. The Morgan fingerprint density at radius 1 is 1.12 bits per heavy atom. The molecule has 0 aliphatic carbocycles. The molecule has 4 nitrogen and oxygen atoms in total. The summed E-state index contributed by atoms with van der Waals surface area (Å²) in [5.41, 5.74) is 3.90. The lowest BCUT2D eigenvalue weighted by atomic mass is 10.1. The number of hydrogen-bond donors (Lipinski definition) is 1. The molecular formula is C20H16BrNO3. The lowest BCUT2D eigenvalue weighted by Crippen LogP contribution is -1.95. The van der Waals surface area contributed by atoms with Gasteiger partial charge in [0.15, 0.2) is 0 Å². The number of carbonyl (C=O) groups is 1. The molecule has 1 N–H and O–H groups in total. The van der Waals surface area contributed by atoms with E-state index in [0.717, 1.165) is 21.4 Å². The number of carboxylic acids is 1. The first-order valence-corrected chi connectivity index (χ1v) is 8.48. The smallest absolute Gasteiger partial charge is 0.335 e. The summed E-state index contributed by atoms with van der Waals surface area (Å²) in [6.45, 7) is 3.86. The minimum atomic E-state index is -0.946. The van der Waals surface area contributed by atoms with Crippen LogP contribution in [0.1, 0.15) is 27.2 Å². The first-order chi connectivity index (χ1) is 11.9. The first-order valence-electron chi connectivity index (χ1n) is 7.68. The van der Waals surface area contributed by atoms with Gasteiger partial charge in [-0.1, -0.05) is 22.0 Å². The zero-order valence-electron chi connectivity index (χ0n) is 13.8. The number of aromatic carboxylic acids is 1. The van der Waals surface area contributed by atoms with Crippen LogP contribution in [0.2, 0.25) is 0 Å². The standard InChI is InChI=1S/C20H16BrNO3/c1-12-3-6-16(17(21)9-12)19-8-5-15(25-19)11-22-18-7-4-14(20(23)24)10-13(18)2/h3-11H,1-2H3,(H,23,24). The molecule has 0 saturated heterocycles. The zero-order chi connectivity index (χ0) is 18.0. The Balaban J connectivity index is 1.84. The number of hydrogen-bond acceptors (Lipinski definition) is 3. The first kappa shape index (κ1) is 17.2. The van der Waals surface area contributed by atoms with E-state index in [1.54, 1.807) is 24.4 Å². The molecule has 1 heterocycles. The summed E-state index contributed by atoms with van der Waals surface area (Å²) >= 11 is 3.56. The molecule has 1 aromatic heterocycles. The third-order valence-corrected chi connectivity index (χ3v) is 4.45. The van der Waals surface area contributed by atoms with Crippen molar-refractivity contribution in [1.29, 1.82) is 0 Å². The van der Waals surface area contributed by atoms with E-state index >= 15 is 0 Å². The van der Waals surface area contributed by atoms with Crippen LogP contribution in [0.3, 0.4) is 0 Å². The van der Waals surface area contributed by atoms with Gasteiger partial charge in [-0.25, -0.2) is 4.79 Å². The van der Waals surface area contributed by atoms with E-state index in [-0.39, 0.29) is 5.56 Å². The maximum atomic E-state index is 11.0. The summed E-state index contributed by atoms with van der Waals surface area (Å²) in [6.07, 6.45) is 1.63. The van der Waals surface area contributed by atoms with Gasteiger partial charge in [-0.15, -0.1) is 0 Å². The summed E-state index contributed by atoms with van der Waals surface area (Å²) in [5, 5.41) is 9.00. The van der Waals surface area contributed by atoms with Crippen LogP contribution in [-0.2, 0) is 0 Å². The number of rotatable bonds is 4. The van der Waals surface area contributed by atoms with Crippen molar-refractivity contribution >= 4 is 33.8 Å². The van der Waals surface area contributed by atoms with E-state index in [0.29, 0.717) is 11.4 Å². The number of halogens is 1. The molecular weight excluding hydrogens is 382 g/mol. The highest BCUT2D eigenvalue weighted by atomic mass is 79.9. The van der Waals surface area contributed by atoms with Crippen molar-refractivity contribution in [2.75, 3.05) is 0 Å². The van der Waals surface area contributed by atoms with Crippen molar-refractivity contribution < 1.29 is 14.3 Å². The monoisotopic (exact) mass is 397 g/mol. The van der Waals surface area contributed by atoms with E-state index in [1.165, 1.54) is 5.56 Å². The third kappa shape index (κ3) is 3.88. The Labute approximate surface area is 154 Å². The largest absolute Gasteiger partial charge is 0.478 e. The number of benzene rings is 2. The van der Waals surface area contributed by atoms with Gasteiger partial charge in [0.05, 0.1) is 17.5 Å². The molecule has 0 radical (unpaired) electrons. The second-order valence-electron chi connectivity index (χ2n) is 5.75. The maximum Gasteiger partial charge on any atom is 0.335 e. The molecule has 0 bridgehead atoms. The number of nitrogens with zero attached hydrogens (tertiary/aromatic N) is 1. The highest BCUT2D eigenvalue weighted by Gasteiger charge is 2.08. The Morgan fingerprint density at radius 2 is 1.92 bits per heavy atom. The van der Waals surface area contributed by atoms with Crippen molar-refractivity contribution in [1.82, 2.24) is 0 Å². The molecule has 0 aliphatic rings. The van der Waals surface area contributed by atoms with Gasteiger partial charge in [0, 0.05) is 10.0 Å². The molecule has 3 aromatic rings. The molecule has 0 spiro atoms. The molecule has 3 rings (SSSR count). The van der Waals surface area contributed by atoms with Gasteiger partial charge >= 0.3 is 5.97 Å². The number of aliphatic imine (C=N–C) groups is 1. The Hall–Kier alpha value is -2.66. The molecule has 0 aliphatic heterocycles. The molecule has 126 valence electrons. The Morgan fingerprint density at radius 3 is 2.60 bits per heavy atom. The van der Waals surface area contributed by atoms with Gasteiger partial charge in [0.25, 0.3) is 0 Å². The second kappa shape index (κ2) is 7.07. The van der Waals surface area contributed by atoms with Gasteiger partial charge in [-0.3, -0.25) is 4.99 Å². The van der Waals surface area contributed by atoms with Crippen molar-refractivity contribution in [2.45, 2.75) is 13.8 Å². The third-order valence-electron chi connectivity index (χ3n) is 3.79. The van der Waals surface area contributed by atoms with Crippen molar-refractivity contribution in [3.05, 3.63) is 75.5 Å². The minimum Gasteiger partial charge on any atom is -0.478 e. The second-order valence-corrected chi connectivity index (χ2v) is 6.60. The highest BCUT2D eigenvalue weighted by Crippen LogP contribution is 2.30. The lowest BCUT2D eigenvalue weighted by molar-refractivity contribution is 0.0697. The molecule has 2 aromatic carbocycles. The van der Waals surface area contributed by atoms with E-state index < -0.39 is 5.97 Å². The molecule has 0 saturated carbocycles. The molecule has 0 unspecified atom stereocenters. The lowest BCUT2D eigenvalue weighted by Gasteiger charge is -2.02. The molecule has 0 fully saturated rings. The fourth-order valence-electron chi connectivity index (χ4n) is 2.45. The number of carboxylic acid groups (broad SMARTS) is 1. The topological polar surface area (TPSA) is 62.8 Å². The maximum absolute atomic E-state index is 11.0. The van der Waals surface area contributed by atoms with Crippen LogP contribution in [0.15, 0.2) is 62.4 Å². The fourth-order valence-corrected chi connectivity index (χ4v) is 3.14. The van der Waals surface area contributed by atoms with Gasteiger partial charge < -0.3 is 9.52 Å². The Bertz CT molecular complexity index is 973. The van der Waals surface area contributed by atoms with Crippen molar-refractivity contribution in [3.63, 3.8) is 0 Å².